The van der Waals surface area contributed by atoms with Crippen molar-refractivity contribution in [1.29, 1.82) is 0 Å². The fourth-order valence-corrected chi connectivity index (χ4v) is 2.36. The number of nitro groups is 1. The molecule has 21 heavy (non-hydrogen) atoms. The molecule has 0 amide bonds. The summed E-state index contributed by atoms with van der Waals surface area (Å²) < 4.78 is 0. The van der Waals surface area contributed by atoms with Crippen LogP contribution in [0.15, 0.2) is 48.5 Å². The zero-order valence-corrected chi connectivity index (χ0v) is 11.5. The molecule has 1 N–H and O–H groups in total. The number of phenolic OH excluding ortho intramolecular Hbond substituents is 1. The van der Waals surface area contributed by atoms with Gasteiger partial charge in [0.1, 0.15) is 5.78 Å². The third-order valence-corrected chi connectivity index (χ3v) is 3.31. The number of ketones is 1. The minimum absolute atomic E-state index is 0.0465. The van der Waals surface area contributed by atoms with Gasteiger partial charge in [-0.1, -0.05) is 42.5 Å². The lowest BCUT2D eigenvalue weighted by Crippen LogP contribution is -2.07. The van der Waals surface area contributed by atoms with Gasteiger partial charge < -0.3 is 5.11 Å². The van der Waals surface area contributed by atoms with Gasteiger partial charge in [-0.2, -0.15) is 0 Å². The van der Waals surface area contributed by atoms with E-state index in [1.54, 1.807) is 6.07 Å². The lowest BCUT2D eigenvalue weighted by atomic mass is 9.86. The van der Waals surface area contributed by atoms with E-state index in [1.807, 2.05) is 30.3 Å². The predicted octanol–water partition coefficient (Wildman–Crippen LogP) is 3.41. The molecule has 5 nitrogen and oxygen atoms in total. The minimum atomic E-state index is -0.630. The summed E-state index contributed by atoms with van der Waals surface area (Å²) in [6.45, 7) is 1.46. The topological polar surface area (TPSA) is 80.4 Å². The Morgan fingerprint density at radius 2 is 1.86 bits per heavy atom. The van der Waals surface area contributed by atoms with Crippen LogP contribution in [0.25, 0.3) is 0 Å². The summed E-state index contributed by atoms with van der Waals surface area (Å²) in [5.41, 5.74) is 0.881. The fourth-order valence-electron chi connectivity index (χ4n) is 2.36. The van der Waals surface area contributed by atoms with Crippen LogP contribution in [0.2, 0.25) is 0 Å². The smallest absolute Gasteiger partial charge is 0.311 e. The third-order valence-electron chi connectivity index (χ3n) is 3.31. The van der Waals surface area contributed by atoms with Crippen molar-refractivity contribution < 1.29 is 14.8 Å². The van der Waals surface area contributed by atoms with Gasteiger partial charge >= 0.3 is 5.69 Å². The van der Waals surface area contributed by atoms with Crippen LogP contribution in [0.3, 0.4) is 0 Å². The number of carbonyl (C=O) groups excluding carboxylic acids is 1. The van der Waals surface area contributed by atoms with Gasteiger partial charge in [-0.05, 0) is 12.5 Å². The SMILES string of the molecule is CC(=O)CC(c1ccccc1)c1cccc([N+](=O)[O-])c1O. The van der Waals surface area contributed by atoms with Gasteiger partial charge in [0.15, 0.2) is 5.75 Å². The Bertz CT molecular complexity index is 667. The number of phenols is 1. The maximum atomic E-state index is 11.5. The molecule has 0 aliphatic heterocycles. The number of rotatable bonds is 5. The first kappa shape index (κ1) is 14.7. The highest BCUT2D eigenvalue weighted by Gasteiger charge is 2.24. The highest BCUT2D eigenvalue weighted by molar-refractivity contribution is 5.77. The summed E-state index contributed by atoms with van der Waals surface area (Å²) in [7, 11) is 0. The van der Waals surface area contributed by atoms with E-state index >= 15 is 0 Å². The van der Waals surface area contributed by atoms with E-state index in [1.165, 1.54) is 19.1 Å². The van der Waals surface area contributed by atoms with E-state index in [0.717, 1.165) is 5.56 Å². The number of hydrogen-bond donors (Lipinski definition) is 1. The molecule has 1 atom stereocenters. The molecule has 2 aromatic rings. The third kappa shape index (κ3) is 3.25. The number of nitro benzene ring substituents is 1. The second kappa shape index (κ2) is 6.17. The monoisotopic (exact) mass is 285 g/mol. The molecule has 2 rings (SSSR count). The fraction of sp³-hybridized carbons (Fsp3) is 0.188. The molecule has 0 aliphatic rings. The zero-order valence-electron chi connectivity index (χ0n) is 11.5. The minimum Gasteiger partial charge on any atom is -0.502 e. The van der Waals surface area contributed by atoms with Crippen molar-refractivity contribution in [2.45, 2.75) is 19.3 Å². The summed E-state index contributed by atoms with van der Waals surface area (Å²) in [5.74, 6) is -0.823. The van der Waals surface area contributed by atoms with E-state index < -0.39 is 10.8 Å². The van der Waals surface area contributed by atoms with Gasteiger partial charge in [0.2, 0.25) is 0 Å². The maximum absolute atomic E-state index is 11.5. The Balaban J connectivity index is 2.54. The second-order valence-corrected chi connectivity index (χ2v) is 4.84. The van der Waals surface area contributed by atoms with Crippen molar-refractivity contribution in [2.24, 2.45) is 0 Å². The number of aromatic hydroxyl groups is 1. The summed E-state index contributed by atoms with van der Waals surface area (Å²) >= 11 is 0. The van der Waals surface area contributed by atoms with Crippen LogP contribution in [-0.2, 0) is 4.79 Å². The zero-order chi connectivity index (χ0) is 15.4. The van der Waals surface area contributed by atoms with Crippen molar-refractivity contribution >= 4 is 11.5 Å². The first-order valence-electron chi connectivity index (χ1n) is 6.51. The molecule has 0 aliphatic carbocycles. The Kier molecular flexibility index (Phi) is 4.33. The number of nitrogens with zero attached hydrogens (tertiary/aromatic N) is 1. The average molecular weight is 285 g/mol. The van der Waals surface area contributed by atoms with Crippen molar-refractivity contribution in [3.05, 3.63) is 69.8 Å². The van der Waals surface area contributed by atoms with Crippen LogP contribution in [0, 0.1) is 10.1 Å². The second-order valence-electron chi connectivity index (χ2n) is 4.84. The van der Waals surface area contributed by atoms with E-state index in [4.69, 9.17) is 0 Å². The van der Waals surface area contributed by atoms with Crippen molar-refractivity contribution in [3.63, 3.8) is 0 Å². The van der Waals surface area contributed by atoms with Gasteiger partial charge in [0, 0.05) is 24.0 Å². The van der Waals surface area contributed by atoms with E-state index in [-0.39, 0.29) is 23.6 Å². The molecule has 2 aromatic carbocycles. The first-order valence-corrected chi connectivity index (χ1v) is 6.51. The molecule has 1 unspecified atom stereocenters. The molecule has 0 radical (unpaired) electrons. The molecule has 108 valence electrons. The first-order chi connectivity index (χ1) is 10.0. The molecule has 0 saturated heterocycles. The largest absolute Gasteiger partial charge is 0.502 e. The van der Waals surface area contributed by atoms with Crippen molar-refractivity contribution in [3.8, 4) is 5.75 Å². The van der Waals surface area contributed by atoms with Crippen LogP contribution in [-0.4, -0.2) is 15.8 Å². The highest BCUT2D eigenvalue weighted by atomic mass is 16.6. The Labute approximate surface area is 122 Å². The van der Waals surface area contributed by atoms with Gasteiger partial charge in [0.25, 0.3) is 0 Å². The summed E-state index contributed by atoms with van der Waals surface area (Å²) in [5, 5.41) is 21.1. The standard InChI is InChI=1S/C16H15NO4/c1-11(18)10-14(12-6-3-2-4-7-12)13-8-5-9-15(16(13)19)17(20)21/h2-9,14,19H,10H2,1H3. The summed E-state index contributed by atoms with van der Waals surface area (Å²) in [6, 6.07) is 13.6. The Morgan fingerprint density at radius 3 is 2.43 bits per heavy atom. The van der Waals surface area contributed by atoms with E-state index in [0.29, 0.717) is 5.56 Å². The molecule has 0 spiro atoms. The number of para-hydroxylation sites is 1. The van der Waals surface area contributed by atoms with Crippen LogP contribution < -0.4 is 0 Å². The van der Waals surface area contributed by atoms with Crippen molar-refractivity contribution in [2.75, 3.05) is 0 Å². The number of hydrogen-bond acceptors (Lipinski definition) is 4. The van der Waals surface area contributed by atoms with Gasteiger partial charge in [-0.15, -0.1) is 0 Å². The molecule has 5 heteroatoms. The van der Waals surface area contributed by atoms with Gasteiger partial charge in [-0.3, -0.25) is 14.9 Å². The maximum Gasteiger partial charge on any atom is 0.311 e. The normalized spacial score (nSPS) is 11.9. The highest BCUT2D eigenvalue weighted by Crippen LogP contribution is 2.38. The lowest BCUT2D eigenvalue weighted by Gasteiger charge is -2.17. The lowest BCUT2D eigenvalue weighted by molar-refractivity contribution is -0.385. The Morgan fingerprint density at radius 1 is 1.19 bits per heavy atom. The summed E-state index contributed by atoms with van der Waals surface area (Å²) in [6.07, 6.45) is 0.179. The van der Waals surface area contributed by atoms with Crippen LogP contribution >= 0.6 is 0 Å². The number of Topliss-reactive ketones (excluding diaryl/α,β-unsaturated/α-hetero) is 1. The number of benzene rings is 2. The number of carbonyl (C=O) groups is 1. The van der Waals surface area contributed by atoms with Crippen LogP contribution in [0.4, 0.5) is 5.69 Å². The average Bonchev–Trinajstić information content (AvgIpc) is 2.46. The van der Waals surface area contributed by atoms with Crippen LogP contribution in [0.1, 0.15) is 30.4 Å². The molecular weight excluding hydrogens is 270 g/mol. The molecule has 0 fully saturated rings. The molecule has 0 aromatic heterocycles. The van der Waals surface area contributed by atoms with Crippen LogP contribution in [0.5, 0.6) is 5.75 Å². The molecule has 0 saturated carbocycles. The molecule has 0 heterocycles. The van der Waals surface area contributed by atoms with Crippen molar-refractivity contribution in [1.82, 2.24) is 0 Å². The predicted molar refractivity (Wildman–Crippen MR) is 78.3 cm³/mol. The molecular formula is C16H15NO4. The van der Waals surface area contributed by atoms with Gasteiger partial charge in [-0.25, -0.2) is 0 Å². The molecule has 0 bridgehead atoms. The van der Waals surface area contributed by atoms with E-state index in [2.05, 4.69) is 0 Å². The van der Waals surface area contributed by atoms with Gasteiger partial charge in [0.05, 0.1) is 4.92 Å². The summed E-state index contributed by atoms with van der Waals surface area (Å²) in [4.78, 5) is 21.8. The Hall–Kier alpha value is -2.69. The van der Waals surface area contributed by atoms with E-state index in [9.17, 15) is 20.0 Å². The quantitative estimate of drug-likeness (QED) is 0.674.